The number of benzene rings is 1. The minimum atomic E-state index is 0.142. The van der Waals surface area contributed by atoms with Crippen LogP contribution < -0.4 is 5.73 Å². The van der Waals surface area contributed by atoms with E-state index < -0.39 is 0 Å². The second kappa shape index (κ2) is 6.25. The van der Waals surface area contributed by atoms with Crippen LogP contribution >= 0.6 is 0 Å². The van der Waals surface area contributed by atoms with Gasteiger partial charge in [0.1, 0.15) is 0 Å². The van der Waals surface area contributed by atoms with Crippen molar-refractivity contribution in [3.63, 3.8) is 0 Å². The van der Waals surface area contributed by atoms with Gasteiger partial charge >= 0.3 is 0 Å². The summed E-state index contributed by atoms with van der Waals surface area (Å²) in [6, 6.07) is 9.61. The minimum absolute atomic E-state index is 0.142. The van der Waals surface area contributed by atoms with Crippen LogP contribution in [0.2, 0.25) is 0 Å². The molecule has 2 aliphatic heterocycles. The Morgan fingerprint density at radius 3 is 2.70 bits per heavy atom. The van der Waals surface area contributed by atoms with Crippen molar-refractivity contribution in [1.82, 2.24) is 9.80 Å². The Morgan fingerprint density at radius 2 is 1.90 bits per heavy atom. The quantitative estimate of drug-likeness (QED) is 0.916. The molecular weight excluding hydrogens is 246 g/mol. The highest BCUT2D eigenvalue weighted by molar-refractivity contribution is 5.24. The van der Waals surface area contributed by atoms with Gasteiger partial charge in [-0.1, -0.05) is 29.8 Å². The second-order valence-corrected chi connectivity index (χ2v) is 6.46. The number of rotatable bonds is 3. The standard InChI is InChI=1S/C17H27N3/c1-14-5-7-15(8-6-14)17(18)13-19-9-3-11-20-10-2-4-16(20)12-19/h5-8,16-17H,2-4,9-13,18H2,1H3. The molecule has 110 valence electrons. The predicted octanol–water partition coefficient (Wildman–Crippen LogP) is 2.16. The topological polar surface area (TPSA) is 32.5 Å². The summed E-state index contributed by atoms with van der Waals surface area (Å²) >= 11 is 0. The smallest absolute Gasteiger partial charge is 0.0424 e. The summed E-state index contributed by atoms with van der Waals surface area (Å²) in [5.41, 5.74) is 8.98. The van der Waals surface area contributed by atoms with Gasteiger partial charge in [-0.05, 0) is 51.4 Å². The third-order valence-corrected chi connectivity index (χ3v) is 4.85. The molecule has 1 aromatic rings. The lowest BCUT2D eigenvalue weighted by molar-refractivity contribution is 0.213. The molecule has 0 bridgehead atoms. The highest BCUT2D eigenvalue weighted by atomic mass is 15.3. The average molecular weight is 273 g/mol. The van der Waals surface area contributed by atoms with Crippen LogP contribution in [-0.4, -0.2) is 48.6 Å². The molecule has 2 saturated heterocycles. The summed E-state index contributed by atoms with van der Waals surface area (Å²) < 4.78 is 0. The first-order valence-corrected chi connectivity index (χ1v) is 8.01. The largest absolute Gasteiger partial charge is 0.323 e. The Labute approximate surface area is 122 Å². The molecule has 1 aromatic carbocycles. The van der Waals surface area contributed by atoms with Gasteiger partial charge in [-0.2, -0.15) is 0 Å². The fourth-order valence-corrected chi connectivity index (χ4v) is 3.65. The van der Waals surface area contributed by atoms with Crippen LogP contribution in [0.1, 0.15) is 36.4 Å². The Kier molecular flexibility index (Phi) is 4.39. The molecule has 0 radical (unpaired) electrons. The summed E-state index contributed by atoms with van der Waals surface area (Å²) in [6.45, 7) is 8.11. The number of hydrogen-bond donors (Lipinski definition) is 1. The van der Waals surface area contributed by atoms with Gasteiger partial charge in [0, 0.05) is 25.2 Å². The number of nitrogens with zero attached hydrogens (tertiary/aromatic N) is 2. The van der Waals surface area contributed by atoms with Gasteiger partial charge in [0.05, 0.1) is 0 Å². The molecule has 2 aliphatic rings. The molecule has 2 heterocycles. The summed E-state index contributed by atoms with van der Waals surface area (Å²) in [4.78, 5) is 5.26. The molecule has 2 N–H and O–H groups in total. The van der Waals surface area contributed by atoms with Gasteiger partial charge in [-0.25, -0.2) is 0 Å². The normalized spacial score (nSPS) is 26.2. The molecule has 0 saturated carbocycles. The van der Waals surface area contributed by atoms with E-state index in [0.29, 0.717) is 0 Å². The molecule has 2 fully saturated rings. The Hall–Kier alpha value is -0.900. The first-order chi connectivity index (χ1) is 9.72. The van der Waals surface area contributed by atoms with Crippen molar-refractivity contribution in [2.24, 2.45) is 5.73 Å². The molecule has 2 atom stereocenters. The highest BCUT2D eigenvalue weighted by Crippen LogP contribution is 2.22. The minimum Gasteiger partial charge on any atom is -0.323 e. The van der Waals surface area contributed by atoms with Crippen LogP contribution in [0.4, 0.5) is 0 Å². The molecule has 3 rings (SSSR count). The van der Waals surface area contributed by atoms with Crippen molar-refractivity contribution < 1.29 is 0 Å². The van der Waals surface area contributed by atoms with E-state index in [1.807, 2.05) is 0 Å². The summed E-state index contributed by atoms with van der Waals surface area (Å²) in [5.74, 6) is 0. The zero-order valence-electron chi connectivity index (χ0n) is 12.6. The molecule has 0 spiro atoms. The molecule has 20 heavy (non-hydrogen) atoms. The van der Waals surface area contributed by atoms with Gasteiger partial charge in [0.15, 0.2) is 0 Å². The summed E-state index contributed by atoms with van der Waals surface area (Å²) in [6.07, 6.45) is 4.04. The van der Waals surface area contributed by atoms with E-state index in [1.54, 1.807) is 0 Å². The summed E-state index contributed by atoms with van der Waals surface area (Å²) in [7, 11) is 0. The Morgan fingerprint density at radius 1 is 1.15 bits per heavy atom. The number of aryl methyl sites for hydroxylation is 1. The Bertz CT molecular complexity index is 428. The maximum absolute atomic E-state index is 6.41. The van der Waals surface area contributed by atoms with Gasteiger partial charge in [0.2, 0.25) is 0 Å². The predicted molar refractivity (Wildman–Crippen MR) is 83.8 cm³/mol. The SMILES string of the molecule is Cc1ccc(C(N)CN2CCCN3CCCC3C2)cc1. The molecule has 2 unspecified atom stereocenters. The van der Waals surface area contributed by atoms with E-state index in [1.165, 1.54) is 56.6 Å². The van der Waals surface area contributed by atoms with E-state index >= 15 is 0 Å². The first-order valence-electron chi connectivity index (χ1n) is 8.01. The fraction of sp³-hybridized carbons (Fsp3) is 0.647. The van der Waals surface area contributed by atoms with Crippen molar-refractivity contribution in [2.45, 2.75) is 38.3 Å². The molecule has 3 heteroatoms. The maximum atomic E-state index is 6.41. The third-order valence-electron chi connectivity index (χ3n) is 4.85. The van der Waals surface area contributed by atoms with E-state index in [2.05, 4.69) is 41.0 Å². The van der Waals surface area contributed by atoms with Crippen LogP contribution in [0.15, 0.2) is 24.3 Å². The van der Waals surface area contributed by atoms with Crippen molar-refractivity contribution in [3.8, 4) is 0 Å². The van der Waals surface area contributed by atoms with Crippen molar-refractivity contribution in [1.29, 1.82) is 0 Å². The maximum Gasteiger partial charge on any atom is 0.0424 e. The van der Waals surface area contributed by atoms with E-state index in [9.17, 15) is 0 Å². The number of hydrogen-bond acceptors (Lipinski definition) is 3. The van der Waals surface area contributed by atoms with Crippen LogP contribution in [0.3, 0.4) is 0 Å². The lowest BCUT2D eigenvalue weighted by atomic mass is 10.1. The first kappa shape index (κ1) is 14.1. The number of nitrogens with two attached hydrogens (primary N) is 1. The molecule has 3 nitrogen and oxygen atoms in total. The van der Waals surface area contributed by atoms with Crippen LogP contribution in [0.25, 0.3) is 0 Å². The third kappa shape index (κ3) is 3.22. The number of fused-ring (bicyclic) bond motifs is 1. The second-order valence-electron chi connectivity index (χ2n) is 6.46. The zero-order valence-corrected chi connectivity index (χ0v) is 12.6. The molecular formula is C17H27N3. The van der Waals surface area contributed by atoms with Crippen LogP contribution in [-0.2, 0) is 0 Å². The monoisotopic (exact) mass is 273 g/mol. The van der Waals surface area contributed by atoms with Gasteiger partial charge in [-0.3, -0.25) is 9.80 Å². The highest BCUT2D eigenvalue weighted by Gasteiger charge is 2.29. The lowest BCUT2D eigenvalue weighted by Crippen LogP contribution is -2.39. The van der Waals surface area contributed by atoms with Crippen LogP contribution in [0.5, 0.6) is 0 Å². The summed E-state index contributed by atoms with van der Waals surface area (Å²) in [5, 5.41) is 0. The zero-order chi connectivity index (χ0) is 13.9. The average Bonchev–Trinajstić information content (AvgIpc) is 2.78. The van der Waals surface area contributed by atoms with Crippen LogP contribution in [0, 0.1) is 6.92 Å². The van der Waals surface area contributed by atoms with Gasteiger partial charge < -0.3 is 5.73 Å². The van der Waals surface area contributed by atoms with E-state index in [0.717, 1.165) is 12.6 Å². The van der Waals surface area contributed by atoms with E-state index in [4.69, 9.17) is 5.73 Å². The molecule has 0 amide bonds. The molecule has 0 aliphatic carbocycles. The van der Waals surface area contributed by atoms with Crippen molar-refractivity contribution in [2.75, 3.05) is 32.7 Å². The van der Waals surface area contributed by atoms with Crippen molar-refractivity contribution in [3.05, 3.63) is 35.4 Å². The van der Waals surface area contributed by atoms with Crippen molar-refractivity contribution >= 4 is 0 Å². The van der Waals surface area contributed by atoms with E-state index in [-0.39, 0.29) is 6.04 Å². The Balaban J connectivity index is 1.60. The van der Waals surface area contributed by atoms with Gasteiger partial charge in [-0.15, -0.1) is 0 Å². The van der Waals surface area contributed by atoms with Gasteiger partial charge in [0.25, 0.3) is 0 Å². The lowest BCUT2D eigenvalue weighted by Gasteiger charge is -2.27. The molecule has 0 aromatic heterocycles. The fourth-order valence-electron chi connectivity index (χ4n) is 3.65.